The number of aromatic nitrogens is 2. The maximum absolute atomic E-state index is 12.5. The molecule has 0 aliphatic carbocycles. The van der Waals surface area contributed by atoms with Crippen LogP contribution in [0.15, 0.2) is 33.8 Å². The summed E-state index contributed by atoms with van der Waals surface area (Å²) in [7, 11) is 0. The minimum Gasteiger partial charge on any atom is -0.359 e. The van der Waals surface area contributed by atoms with Crippen LogP contribution in [-0.4, -0.2) is 20.8 Å². The highest BCUT2D eigenvalue weighted by Gasteiger charge is 2.30. The third-order valence-corrected chi connectivity index (χ3v) is 4.47. The summed E-state index contributed by atoms with van der Waals surface area (Å²) in [6.07, 6.45) is 1.78. The van der Waals surface area contributed by atoms with Crippen LogP contribution in [-0.2, 0) is 10.2 Å². The van der Waals surface area contributed by atoms with Gasteiger partial charge in [-0.2, -0.15) is 0 Å². The number of nitrogens with one attached hydrogen (secondary N) is 1. The van der Waals surface area contributed by atoms with Gasteiger partial charge in [0.1, 0.15) is 5.76 Å². The van der Waals surface area contributed by atoms with Crippen molar-refractivity contribution in [2.75, 3.05) is 5.32 Å². The van der Waals surface area contributed by atoms with E-state index >= 15 is 0 Å². The zero-order valence-corrected chi connectivity index (χ0v) is 15.2. The van der Waals surface area contributed by atoms with Crippen LogP contribution >= 0.6 is 11.8 Å². The monoisotopic (exact) mass is 333 g/mol. The molecule has 0 spiro atoms. The van der Waals surface area contributed by atoms with Crippen molar-refractivity contribution in [2.45, 2.75) is 56.6 Å². The highest BCUT2D eigenvalue weighted by atomic mass is 32.2. The minimum atomic E-state index is -0.655. The Morgan fingerprint density at radius 2 is 1.91 bits per heavy atom. The molecule has 1 amide bonds. The van der Waals surface area contributed by atoms with Crippen LogP contribution < -0.4 is 5.32 Å². The molecule has 0 saturated heterocycles. The Morgan fingerprint density at radius 3 is 2.43 bits per heavy atom. The molecule has 0 unspecified atom stereocenters. The van der Waals surface area contributed by atoms with Gasteiger partial charge >= 0.3 is 0 Å². The molecule has 5 nitrogen and oxygen atoms in total. The molecule has 0 atom stereocenters. The summed E-state index contributed by atoms with van der Waals surface area (Å²) >= 11 is 1.46. The lowest BCUT2D eigenvalue weighted by atomic mass is 9.93. The van der Waals surface area contributed by atoms with E-state index < -0.39 is 4.75 Å². The second-order valence-electron chi connectivity index (χ2n) is 7.03. The standard InChI is InChI=1S/C17H23N3O2S/c1-11-7-8-12(10-18-11)23-17(5,6)15(21)19-14-9-13(22-20-14)16(2,3)4/h7-10H,1-6H3,(H,19,20,21). The molecule has 6 heteroatoms. The van der Waals surface area contributed by atoms with E-state index in [1.807, 2.05) is 53.7 Å². The molecule has 0 aromatic carbocycles. The molecule has 23 heavy (non-hydrogen) atoms. The molecule has 0 aliphatic rings. The first kappa shape index (κ1) is 17.5. The number of rotatable bonds is 4. The molecule has 0 bridgehead atoms. The van der Waals surface area contributed by atoms with Gasteiger partial charge in [-0.15, -0.1) is 11.8 Å². The lowest BCUT2D eigenvalue weighted by Gasteiger charge is -2.22. The third kappa shape index (κ3) is 4.58. The maximum atomic E-state index is 12.5. The average molecular weight is 333 g/mol. The van der Waals surface area contributed by atoms with Crippen LogP contribution in [0.1, 0.15) is 46.1 Å². The number of hydrogen-bond donors (Lipinski definition) is 1. The first-order valence-electron chi connectivity index (χ1n) is 7.48. The molecular weight excluding hydrogens is 310 g/mol. The van der Waals surface area contributed by atoms with E-state index in [2.05, 4.69) is 15.5 Å². The SMILES string of the molecule is Cc1ccc(SC(C)(C)C(=O)Nc2cc(C(C)(C)C)on2)cn1. The van der Waals surface area contributed by atoms with Crippen LogP contribution in [0.5, 0.6) is 0 Å². The first-order chi connectivity index (χ1) is 10.6. The van der Waals surface area contributed by atoms with Crippen LogP contribution in [0.25, 0.3) is 0 Å². The largest absolute Gasteiger partial charge is 0.359 e. The lowest BCUT2D eigenvalue weighted by Crippen LogP contribution is -2.34. The fourth-order valence-electron chi connectivity index (χ4n) is 1.81. The van der Waals surface area contributed by atoms with Crippen molar-refractivity contribution >= 4 is 23.5 Å². The molecule has 0 aliphatic heterocycles. The third-order valence-electron chi connectivity index (χ3n) is 3.30. The Hall–Kier alpha value is -1.82. The van der Waals surface area contributed by atoms with Gasteiger partial charge < -0.3 is 9.84 Å². The second kappa shape index (κ2) is 6.35. The van der Waals surface area contributed by atoms with Gasteiger partial charge in [-0.05, 0) is 32.9 Å². The number of carbonyl (C=O) groups is 1. The van der Waals surface area contributed by atoms with E-state index in [0.717, 1.165) is 16.3 Å². The Bertz CT molecular complexity index is 685. The number of nitrogens with zero attached hydrogens (tertiary/aromatic N) is 2. The van der Waals surface area contributed by atoms with Gasteiger partial charge in [0, 0.05) is 28.3 Å². The molecule has 0 saturated carbocycles. The smallest absolute Gasteiger partial charge is 0.241 e. The summed E-state index contributed by atoms with van der Waals surface area (Å²) in [6, 6.07) is 5.67. The van der Waals surface area contributed by atoms with Crippen LogP contribution in [0.2, 0.25) is 0 Å². The first-order valence-corrected chi connectivity index (χ1v) is 8.30. The van der Waals surface area contributed by atoms with Crippen LogP contribution in [0.4, 0.5) is 5.82 Å². The van der Waals surface area contributed by atoms with Crippen molar-refractivity contribution in [1.29, 1.82) is 0 Å². The minimum absolute atomic E-state index is 0.128. The van der Waals surface area contributed by atoms with Gasteiger partial charge in [0.25, 0.3) is 0 Å². The second-order valence-corrected chi connectivity index (χ2v) is 8.72. The van der Waals surface area contributed by atoms with Crippen LogP contribution in [0, 0.1) is 6.92 Å². The Kier molecular flexibility index (Phi) is 4.84. The summed E-state index contributed by atoms with van der Waals surface area (Å²) in [4.78, 5) is 17.7. The van der Waals surface area contributed by atoms with Crippen molar-refractivity contribution in [3.05, 3.63) is 35.9 Å². The molecule has 1 N–H and O–H groups in total. The number of anilines is 1. The summed E-state index contributed by atoms with van der Waals surface area (Å²) in [6.45, 7) is 11.8. The van der Waals surface area contributed by atoms with Gasteiger partial charge in [-0.1, -0.05) is 25.9 Å². The fourth-order valence-corrected chi connectivity index (χ4v) is 2.78. The molecule has 0 radical (unpaired) electrons. The fraction of sp³-hybridized carbons (Fsp3) is 0.471. The Labute approximate surface area is 141 Å². The predicted octanol–water partition coefficient (Wildman–Crippen LogP) is 4.18. The summed E-state index contributed by atoms with van der Waals surface area (Å²) < 4.78 is 4.64. The highest BCUT2D eigenvalue weighted by molar-refractivity contribution is 8.01. The Balaban J connectivity index is 2.06. The van der Waals surface area contributed by atoms with Crippen molar-refractivity contribution in [2.24, 2.45) is 0 Å². The van der Waals surface area contributed by atoms with Gasteiger partial charge in [0.2, 0.25) is 5.91 Å². The van der Waals surface area contributed by atoms with E-state index in [-0.39, 0.29) is 11.3 Å². The van der Waals surface area contributed by atoms with E-state index in [1.54, 1.807) is 12.3 Å². The predicted molar refractivity (Wildman–Crippen MR) is 92.7 cm³/mol. The number of carbonyl (C=O) groups excluding carboxylic acids is 1. The molecule has 124 valence electrons. The molecule has 2 rings (SSSR count). The van der Waals surface area contributed by atoms with Crippen molar-refractivity contribution in [3.63, 3.8) is 0 Å². The van der Waals surface area contributed by atoms with E-state index in [4.69, 9.17) is 4.52 Å². The highest BCUT2D eigenvalue weighted by Crippen LogP contribution is 2.33. The molecule has 0 fully saturated rings. The Morgan fingerprint density at radius 1 is 1.22 bits per heavy atom. The summed E-state index contributed by atoms with van der Waals surface area (Å²) in [5.41, 5.74) is 0.808. The van der Waals surface area contributed by atoms with E-state index in [9.17, 15) is 4.79 Å². The van der Waals surface area contributed by atoms with Gasteiger partial charge in [-0.25, -0.2) is 0 Å². The van der Waals surface area contributed by atoms with Gasteiger partial charge in [0.05, 0.1) is 4.75 Å². The summed E-state index contributed by atoms with van der Waals surface area (Å²) in [5, 5.41) is 6.75. The van der Waals surface area contributed by atoms with Crippen molar-refractivity contribution in [1.82, 2.24) is 10.1 Å². The normalized spacial score (nSPS) is 12.3. The number of hydrogen-bond acceptors (Lipinski definition) is 5. The maximum Gasteiger partial charge on any atom is 0.241 e. The zero-order valence-electron chi connectivity index (χ0n) is 14.4. The quantitative estimate of drug-likeness (QED) is 0.850. The van der Waals surface area contributed by atoms with Crippen molar-refractivity contribution < 1.29 is 9.32 Å². The molecule has 2 aromatic rings. The van der Waals surface area contributed by atoms with Crippen molar-refractivity contribution in [3.8, 4) is 0 Å². The van der Waals surface area contributed by atoms with E-state index in [1.165, 1.54) is 11.8 Å². The molecular formula is C17H23N3O2S. The van der Waals surface area contributed by atoms with Gasteiger partial charge in [-0.3, -0.25) is 9.78 Å². The van der Waals surface area contributed by atoms with Crippen LogP contribution in [0.3, 0.4) is 0 Å². The zero-order chi connectivity index (χ0) is 17.3. The number of amides is 1. The summed E-state index contributed by atoms with van der Waals surface area (Å²) in [5.74, 6) is 1.05. The molecule has 2 aromatic heterocycles. The number of thioether (sulfide) groups is 1. The lowest BCUT2D eigenvalue weighted by molar-refractivity contribution is -0.117. The van der Waals surface area contributed by atoms with E-state index in [0.29, 0.717) is 5.82 Å². The topological polar surface area (TPSA) is 68.0 Å². The molecule has 2 heterocycles. The number of aryl methyl sites for hydroxylation is 1. The van der Waals surface area contributed by atoms with Gasteiger partial charge in [0.15, 0.2) is 5.82 Å². The number of pyridine rings is 1. The average Bonchev–Trinajstić information content (AvgIpc) is 2.89.